The van der Waals surface area contributed by atoms with E-state index in [0.29, 0.717) is 35.7 Å². The number of aromatic hydroxyl groups is 1. The van der Waals surface area contributed by atoms with Crippen LogP contribution in [0.4, 0.5) is 11.6 Å². The monoisotopic (exact) mass is 387 g/mol. The zero-order valence-corrected chi connectivity index (χ0v) is 16.0. The second-order valence-electron chi connectivity index (χ2n) is 6.74. The van der Waals surface area contributed by atoms with Crippen molar-refractivity contribution in [1.82, 2.24) is 14.5 Å². The van der Waals surface area contributed by atoms with Gasteiger partial charge in [-0.05, 0) is 42.5 Å². The van der Waals surface area contributed by atoms with Gasteiger partial charge >= 0.3 is 0 Å². The molecule has 0 unspecified atom stereocenters. The Kier molecular flexibility index (Phi) is 4.87. The number of hydrogen-bond donors (Lipinski definition) is 2. The van der Waals surface area contributed by atoms with E-state index in [2.05, 4.69) is 9.97 Å². The molecular formula is C22H21N5O2. The molecule has 0 atom stereocenters. The van der Waals surface area contributed by atoms with E-state index in [0.717, 1.165) is 11.2 Å². The van der Waals surface area contributed by atoms with Crippen molar-refractivity contribution >= 4 is 28.6 Å². The number of benzene rings is 2. The molecule has 2 heterocycles. The highest BCUT2D eigenvalue weighted by molar-refractivity contribution is 6.06. The van der Waals surface area contributed by atoms with Gasteiger partial charge in [0.2, 0.25) is 5.95 Å². The van der Waals surface area contributed by atoms with E-state index < -0.39 is 0 Å². The van der Waals surface area contributed by atoms with Gasteiger partial charge < -0.3 is 20.3 Å². The summed E-state index contributed by atoms with van der Waals surface area (Å²) in [6, 6.07) is 18.1. The molecule has 29 heavy (non-hydrogen) atoms. The van der Waals surface area contributed by atoms with Crippen molar-refractivity contribution in [2.75, 3.05) is 17.7 Å². The second kappa shape index (κ2) is 7.63. The lowest BCUT2D eigenvalue weighted by molar-refractivity contribution is 0.0993. The Morgan fingerprint density at radius 2 is 1.93 bits per heavy atom. The summed E-state index contributed by atoms with van der Waals surface area (Å²) >= 11 is 0. The average molecular weight is 387 g/mol. The number of carbonyl (C=O) groups is 1. The van der Waals surface area contributed by atoms with Crippen LogP contribution in [-0.4, -0.2) is 32.6 Å². The first kappa shape index (κ1) is 18.5. The minimum absolute atomic E-state index is 0.0945. The number of anilines is 2. The number of amides is 1. The Bertz CT molecular complexity index is 1170. The van der Waals surface area contributed by atoms with Crippen LogP contribution >= 0.6 is 0 Å². The quantitative estimate of drug-likeness (QED) is 0.548. The molecule has 7 nitrogen and oxygen atoms in total. The number of aromatic nitrogens is 3. The smallest absolute Gasteiger partial charge is 0.258 e. The van der Waals surface area contributed by atoms with Crippen LogP contribution in [0.1, 0.15) is 16.1 Å². The third-order valence-corrected chi connectivity index (χ3v) is 4.91. The number of fused-ring (bicyclic) bond motifs is 1. The highest BCUT2D eigenvalue weighted by Gasteiger charge is 2.16. The maximum atomic E-state index is 12.7. The maximum Gasteiger partial charge on any atom is 0.258 e. The molecule has 0 aliphatic carbocycles. The predicted molar refractivity (Wildman–Crippen MR) is 113 cm³/mol. The summed E-state index contributed by atoms with van der Waals surface area (Å²) < 4.78 is 1.88. The summed E-state index contributed by atoms with van der Waals surface area (Å²) in [4.78, 5) is 22.9. The summed E-state index contributed by atoms with van der Waals surface area (Å²) in [5.41, 5.74) is 9.66. The molecule has 146 valence electrons. The van der Waals surface area contributed by atoms with Crippen molar-refractivity contribution in [2.45, 2.75) is 13.0 Å². The number of imidazole rings is 1. The number of hydrogen-bond acceptors (Lipinski definition) is 5. The maximum absolute atomic E-state index is 12.7. The lowest BCUT2D eigenvalue weighted by Gasteiger charge is -2.17. The zero-order valence-electron chi connectivity index (χ0n) is 16.0. The fourth-order valence-electron chi connectivity index (χ4n) is 3.31. The molecular weight excluding hydrogens is 366 g/mol. The molecule has 0 spiro atoms. The van der Waals surface area contributed by atoms with Gasteiger partial charge in [-0.3, -0.25) is 9.78 Å². The highest BCUT2D eigenvalue weighted by atomic mass is 16.3. The topological polar surface area (TPSA) is 97.3 Å². The highest BCUT2D eigenvalue weighted by Crippen LogP contribution is 2.25. The number of pyridine rings is 1. The van der Waals surface area contributed by atoms with E-state index in [1.165, 1.54) is 0 Å². The summed E-state index contributed by atoms with van der Waals surface area (Å²) in [5.74, 6) is 0.450. The van der Waals surface area contributed by atoms with Gasteiger partial charge in [-0.2, -0.15) is 0 Å². The Hall–Kier alpha value is -3.87. The first-order valence-corrected chi connectivity index (χ1v) is 9.26. The lowest BCUT2D eigenvalue weighted by atomic mass is 10.2. The Morgan fingerprint density at radius 1 is 1.14 bits per heavy atom. The largest absolute Gasteiger partial charge is 0.506 e. The van der Waals surface area contributed by atoms with Crippen LogP contribution in [0, 0.1) is 0 Å². The zero-order chi connectivity index (χ0) is 20.4. The lowest BCUT2D eigenvalue weighted by Crippen LogP contribution is -2.26. The Balaban J connectivity index is 1.59. The summed E-state index contributed by atoms with van der Waals surface area (Å²) in [7, 11) is 1.74. The fraction of sp³-hybridized carbons (Fsp3) is 0.136. The predicted octanol–water partition coefficient (Wildman–Crippen LogP) is 3.24. The molecule has 2 aromatic heterocycles. The first-order chi connectivity index (χ1) is 14.0. The number of carbonyl (C=O) groups excluding carboxylic acids is 1. The van der Waals surface area contributed by atoms with Crippen molar-refractivity contribution in [2.24, 2.45) is 0 Å². The minimum atomic E-state index is -0.0945. The minimum Gasteiger partial charge on any atom is -0.506 e. The van der Waals surface area contributed by atoms with Crippen LogP contribution in [0.2, 0.25) is 0 Å². The molecule has 7 heteroatoms. The van der Waals surface area contributed by atoms with Gasteiger partial charge in [-0.25, -0.2) is 4.98 Å². The third kappa shape index (κ3) is 3.62. The summed E-state index contributed by atoms with van der Waals surface area (Å²) in [5, 5.41) is 9.91. The molecule has 0 radical (unpaired) electrons. The van der Waals surface area contributed by atoms with Gasteiger partial charge in [-0.1, -0.05) is 18.2 Å². The molecule has 0 aliphatic rings. The molecule has 4 rings (SSSR count). The molecule has 3 N–H and O–H groups in total. The molecule has 4 aromatic rings. The SMILES string of the molecule is CN(C(=O)c1ccccc1)c1ccc2c(c1)nc(N)n2CCc1ncccc1O. The van der Waals surface area contributed by atoms with Crippen LogP contribution in [-0.2, 0) is 13.0 Å². The van der Waals surface area contributed by atoms with Crippen LogP contribution in [0.25, 0.3) is 11.0 Å². The third-order valence-electron chi connectivity index (χ3n) is 4.91. The van der Waals surface area contributed by atoms with Crippen molar-refractivity contribution in [3.05, 3.63) is 78.1 Å². The van der Waals surface area contributed by atoms with E-state index in [9.17, 15) is 9.90 Å². The van der Waals surface area contributed by atoms with Crippen LogP contribution < -0.4 is 10.6 Å². The molecule has 0 saturated carbocycles. The van der Waals surface area contributed by atoms with Gasteiger partial charge in [0.15, 0.2) is 0 Å². The van der Waals surface area contributed by atoms with E-state index in [-0.39, 0.29) is 11.7 Å². The van der Waals surface area contributed by atoms with Gasteiger partial charge in [-0.15, -0.1) is 0 Å². The molecule has 0 bridgehead atoms. The number of rotatable bonds is 5. The van der Waals surface area contributed by atoms with E-state index in [1.54, 1.807) is 42.4 Å². The number of nitrogens with two attached hydrogens (primary N) is 1. The first-order valence-electron chi connectivity index (χ1n) is 9.26. The van der Waals surface area contributed by atoms with Gasteiger partial charge in [0.1, 0.15) is 5.75 Å². The standard InChI is InChI=1S/C22H21N5O2/c1-26(21(29)15-6-3-2-4-7-15)16-9-10-19-18(14-16)25-22(23)27(19)13-11-17-20(28)8-5-12-24-17/h2-10,12,14,28H,11,13H2,1H3,(H2,23,25). The van der Waals surface area contributed by atoms with Crippen LogP contribution in [0.3, 0.4) is 0 Å². The second-order valence-corrected chi connectivity index (χ2v) is 6.74. The normalized spacial score (nSPS) is 10.9. The molecule has 2 aromatic carbocycles. The average Bonchev–Trinajstić information content (AvgIpc) is 3.07. The van der Waals surface area contributed by atoms with E-state index >= 15 is 0 Å². The Morgan fingerprint density at radius 3 is 2.69 bits per heavy atom. The van der Waals surface area contributed by atoms with Gasteiger partial charge in [0.25, 0.3) is 5.91 Å². The van der Waals surface area contributed by atoms with Crippen LogP contribution in [0.5, 0.6) is 5.75 Å². The molecule has 1 amide bonds. The van der Waals surface area contributed by atoms with E-state index in [1.807, 2.05) is 41.0 Å². The molecule has 0 saturated heterocycles. The van der Waals surface area contributed by atoms with Gasteiger partial charge in [0, 0.05) is 37.5 Å². The van der Waals surface area contributed by atoms with Crippen LogP contribution in [0.15, 0.2) is 66.9 Å². The summed E-state index contributed by atoms with van der Waals surface area (Å²) in [6.07, 6.45) is 2.17. The number of nitrogens with zero attached hydrogens (tertiary/aromatic N) is 4. The van der Waals surface area contributed by atoms with Crippen molar-refractivity contribution in [3.8, 4) is 5.75 Å². The van der Waals surface area contributed by atoms with Crippen molar-refractivity contribution in [3.63, 3.8) is 0 Å². The number of nitrogen functional groups attached to an aromatic ring is 1. The Labute approximate surface area is 168 Å². The molecule has 0 aliphatic heterocycles. The van der Waals surface area contributed by atoms with Crippen molar-refractivity contribution < 1.29 is 9.90 Å². The molecule has 0 fully saturated rings. The fourth-order valence-corrected chi connectivity index (χ4v) is 3.31. The summed E-state index contributed by atoms with van der Waals surface area (Å²) in [6.45, 7) is 0.533. The van der Waals surface area contributed by atoms with Gasteiger partial charge in [0.05, 0.1) is 16.7 Å². The van der Waals surface area contributed by atoms with Crippen molar-refractivity contribution in [1.29, 1.82) is 0 Å². The van der Waals surface area contributed by atoms with E-state index in [4.69, 9.17) is 5.73 Å². The number of aryl methyl sites for hydroxylation is 2.